The van der Waals surface area contributed by atoms with Crippen LogP contribution >= 0.6 is 15.9 Å². The second kappa shape index (κ2) is 4.65. The van der Waals surface area contributed by atoms with Gasteiger partial charge in [0.1, 0.15) is 0 Å². The van der Waals surface area contributed by atoms with Gasteiger partial charge in [-0.15, -0.1) is 0 Å². The number of benzene rings is 1. The first-order valence-corrected chi connectivity index (χ1v) is 6.07. The van der Waals surface area contributed by atoms with Crippen molar-refractivity contribution in [2.45, 2.75) is 0 Å². The van der Waals surface area contributed by atoms with E-state index in [1.165, 1.54) is 0 Å². The largest absolute Gasteiger partial charge is 0.356 e. The molecule has 1 saturated carbocycles. The van der Waals surface area contributed by atoms with Gasteiger partial charge in [0.05, 0.1) is 5.69 Å². The van der Waals surface area contributed by atoms with Crippen molar-refractivity contribution in [3.8, 4) is 11.3 Å². The molecule has 0 aliphatic heterocycles. The first kappa shape index (κ1) is 11.0. The van der Waals surface area contributed by atoms with Gasteiger partial charge >= 0.3 is 0 Å². The second-order valence-corrected chi connectivity index (χ2v) is 4.68. The number of aromatic nitrogens is 1. The molecule has 1 fully saturated rings. The molecule has 5 radical (unpaired) electrons. The minimum atomic E-state index is 0.780. The van der Waals surface area contributed by atoms with E-state index in [9.17, 15) is 0 Å². The fourth-order valence-electron chi connectivity index (χ4n) is 1.73. The van der Waals surface area contributed by atoms with Crippen LogP contribution in [0.1, 0.15) is 5.69 Å². The predicted octanol–water partition coefficient (Wildman–Crippen LogP) is 3.86. The molecule has 0 N–H and O–H groups in total. The van der Waals surface area contributed by atoms with Crippen molar-refractivity contribution in [3.63, 3.8) is 0 Å². The van der Waals surface area contributed by atoms with Crippen LogP contribution < -0.4 is 0 Å². The van der Waals surface area contributed by atoms with Crippen molar-refractivity contribution in [3.05, 3.63) is 72.1 Å². The summed E-state index contributed by atoms with van der Waals surface area (Å²) in [6.07, 6.45) is 8.01. The summed E-state index contributed by atoms with van der Waals surface area (Å²) in [5, 5.41) is 4.07. The molecule has 1 heterocycles. The van der Waals surface area contributed by atoms with Crippen LogP contribution in [0.3, 0.4) is 0 Å². The molecule has 0 spiro atoms. The summed E-state index contributed by atoms with van der Waals surface area (Å²) >= 11 is 3.44. The van der Waals surface area contributed by atoms with Crippen LogP contribution in [0, 0.1) is 31.6 Å². The Hall–Kier alpha value is -1.09. The topological polar surface area (TPSA) is 26.0 Å². The smallest absolute Gasteiger partial charge is 0.167 e. The lowest BCUT2D eigenvalue weighted by atomic mass is 10.0. The molecule has 2 aromatic rings. The second-order valence-electron chi connectivity index (χ2n) is 3.76. The molecule has 83 valence electrons. The molecular formula is C14H9BrNO. The van der Waals surface area contributed by atoms with E-state index in [4.69, 9.17) is 4.52 Å². The highest BCUT2D eigenvalue weighted by Gasteiger charge is 2.22. The van der Waals surface area contributed by atoms with Gasteiger partial charge in [-0.2, -0.15) is 0 Å². The molecule has 0 bridgehead atoms. The molecule has 0 saturated heterocycles. The number of hydrogen-bond donors (Lipinski definition) is 0. The lowest BCUT2D eigenvalue weighted by Crippen LogP contribution is -1.93. The maximum atomic E-state index is 5.36. The molecule has 2 nitrogen and oxygen atoms in total. The molecule has 3 rings (SSSR count). The van der Waals surface area contributed by atoms with Crippen LogP contribution in [0.5, 0.6) is 0 Å². The molecule has 0 unspecified atom stereocenters. The number of halogens is 1. The standard InChI is InChI=1S/C14H9BrNO/c15-12-7-3-6-11(8-12)14-9-13(16-17-14)10-4-1-2-5-10/h1-9H. The van der Waals surface area contributed by atoms with Crippen molar-refractivity contribution in [1.29, 1.82) is 0 Å². The fraction of sp³-hybridized carbons (Fsp3) is 0. The summed E-state index contributed by atoms with van der Waals surface area (Å²) in [5.41, 5.74) is 1.88. The first-order chi connectivity index (χ1) is 8.33. The van der Waals surface area contributed by atoms with Crippen molar-refractivity contribution in [2.24, 2.45) is 0 Å². The SMILES string of the molecule is Brc1cccc(-c2cc([C]3[CH][CH][CH][CH]3)no2)c1. The minimum Gasteiger partial charge on any atom is -0.356 e. The summed E-state index contributed by atoms with van der Waals surface area (Å²) in [5.74, 6) is 1.86. The lowest BCUT2D eigenvalue weighted by molar-refractivity contribution is 0.427. The first-order valence-electron chi connectivity index (χ1n) is 5.28. The summed E-state index contributed by atoms with van der Waals surface area (Å²) < 4.78 is 6.39. The summed E-state index contributed by atoms with van der Waals surface area (Å²) in [7, 11) is 0. The minimum absolute atomic E-state index is 0.780. The Bertz CT molecular complexity index is 514. The third-order valence-corrected chi connectivity index (χ3v) is 3.07. The van der Waals surface area contributed by atoms with E-state index in [-0.39, 0.29) is 0 Å². The van der Waals surface area contributed by atoms with Gasteiger partial charge in [-0.1, -0.05) is 33.2 Å². The van der Waals surface area contributed by atoms with E-state index in [0.717, 1.165) is 27.4 Å². The third kappa shape index (κ3) is 2.29. The lowest BCUT2D eigenvalue weighted by Gasteiger charge is -1.99. The predicted molar refractivity (Wildman–Crippen MR) is 69.2 cm³/mol. The molecular weight excluding hydrogens is 278 g/mol. The van der Waals surface area contributed by atoms with Crippen molar-refractivity contribution in [1.82, 2.24) is 5.16 Å². The van der Waals surface area contributed by atoms with Crippen molar-refractivity contribution in [2.75, 3.05) is 0 Å². The molecule has 17 heavy (non-hydrogen) atoms. The van der Waals surface area contributed by atoms with Gasteiger partial charge in [0.15, 0.2) is 5.76 Å². The summed E-state index contributed by atoms with van der Waals surface area (Å²) in [6.45, 7) is 0. The monoisotopic (exact) mass is 286 g/mol. The Labute approximate surface area is 109 Å². The van der Waals surface area contributed by atoms with E-state index in [1.807, 2.05) is 56.0 Å². The molecule has 1 aromatic carbocycles. The van der Waals surface area contributed by atoms with Crippen LogP contribution in [0.15, 0.2) is 39.3 Å². The molecule has 0 amide bonds. The number of nitrogens with zero attached hydrogens (tertiary/aromatic N) is 1. The molecule has 1 aliphatic rings. The van der Waals surface area contributed by atoms with Gasteiger partial charge in [0, 0.05) is 22.0 Å². The maximum absolute atomic E-state index is 5.36. The Morgan fingerprint density at radius 3 is 2.65 bits per heavy atom. The Balaban J connectivity index is 1.89. The van der Waals surface area contributed by atoms with E-state index < -0.39 is 0 Å². The van der Waals surface area contributed by atoms with Crippen LogP contribution in [-0.4, -0.2) is 5.16 Å². The highest BCUT2D eigenvalue weighted by molar-refractivity contribution is 9.10. The number of hydrogen-bond acceptors (Lipinski definition) is 2. The summed E-state index contributed by atoms with van der Waals surface area (Å²) in [4.78, 5) is 0. The van der Waals surface area contributed by atoms with Gasteiger partial charge in [0.2, 0.25) is 0 Å². The van der Waals surface area contributed by atoms with Gasteiger partial charge in [-0.25, -0.2) is 0 Å². The molecule has 1 aliphatic carbocycles. The zero-order chi connectivity index (χ0) is 11.7. The highest BCUT2D eigenvalue weighted by Crippen LogP contribution is 2.32. The maximum Gasteiger partial charge on any atom is 0.167 e. The zero-order valence-corrected chi connectivity index (χ0v) is 10.5. The molecule has 3 heteroatoms. The van der Waals surface area contributed by atoms with Crippen LogP contribution in [0.4, 0.5) is 0 Å². The van der Waals surface area contributed by atoms with E-state index in [2.05, 4.69) is 21.1 Å². The average molecular weight is 287 g/mol. The van der Waals surface area contributed by atoms with Gasteiger partial charge < -0.3 is 4.52 Å². The Kier molecular flexibility index (Phi) is 3.02. The van der Waals surface area contributed by atoms with E-state index in [1.54, 1.807) is 0 Å². The van der Waals surface area contributed by atoms with Crippen LogP contribution in [0.2, 0.25) is 0 Å². The van der Waals surface area contributed by atoms with E-state index in [0.29, 0.717) is 0 Å². The summed E-state index contributed by atoms with van der Waals surface area (Å²) in [6, 6.07) is 9.93. The van der Waals surface area contributed by atoms with Crippen molar-refractivity contribution < 1.29 is 4.52 Å². The average Bonchev–Trinajstić information content (AvgIpc) is 3.00. The Morgan fingerprint density at radius 2 is 1.88 bits per heavy atom. The fourth-order valence-corrected chi connectivity index (χ4v) is 2.13. The number of rotatable bonds is 2. The van der Waals surface area contributed by atoms with Crippen LogP contribution in [-0.2, 0) is 0 Å². The normalized spacial score (nSPS) is 16.5. The third-order valence-electron chi connectivity index (χ3n) is 2.58. The quantitative estimate of drug-likeness (QED) is 0.838. The van der Waals surface area contributed by atoms with E-state index >= 15 is 0 Å². The zero-order valence-electron chi connectivity index (χ0n) is 8.93. The van der Waals surface area contributed by atoms with Gasteiger partial charge in [0.25, 0.3) is 0 Å². The van der Waals surface area contributed by atoms with Crippen LogP contribution in [0.25, 0.3) is 11.3 Å². The van der Waals surface area contributed by atoms with Crippen molar-refractivity contribution >= 4 is 15.9 Å². The van der Waals surface area contributed by atoms with Gasteiger partial charge in [-0.05, 0) is 37.8 Å². The molecule has 1 aromatic heterocycles. The highest BCUT2D eigenvalue weighted by atomic mass is 79.9. The molecule has 0 atom stereocenters. The Morgan fingerprint density at radius 1 is 1.06 bits per heavy atom. The van der Waals surface area contributed by atoms with Gasteiger partial charge in [-0.3, -0.25) is 0 Å².